The molecule has 96 valence electrons. The highest BCUT2D eigenvalue weighted by atomic mass is 35.5. The van der Waals surface area contributed by atoms with Gasteiger partial charge in [0.2, 0.25) is 5.95 Å². The minimum atomic E-state index is 0.603. The van der Waals surface area contributed by atoms with Gasteiger partial charge in [-0.05, 0) is 36.5 Å². The summed E-state index contributed by atoms with van der Waals surface area (Å²) in [6.45, 7) is 3.30. The van der Waals surface area contributed by atoms with Crippen LogP contribution >= 0.6 is 11.6 Å². The van der Waals surface area contributed by atoms with Crippen LogP contribution in [0.25, 0.3) is 11.0 Å². The molecule has 4 heteroatoms. The Balaban J connectivity index is 1.99. The van der Waals surface area contributed by atoms with Crippen LogP contribution in [0.4, 0.5) is 5.95 Å². The SMILES string of the molecule is CC1CCCC1Cn1c(N)nc2ccc(Cl)cc21. The Morgan fingerprint density at radius 2 is 2.28 bits per heavy atom. The molecule has 1 heterocycles. The lowest BCUT2D eigenvalue weighted by atomic mass is 9.98. The first-order chi connectivity index (χ1) is 8.65. The van der Waals surface area contributed by atoms with E-state index in [0.29, 0.717) is 11.9 Å². The van der Waals surface area contributed by atoms with E-state index in [1.165, 1.54) is 19.3 Å². The van der Waals surface area contributed by atoms with Gasteiger partial charge in [-0.1, -0.05) is 31.4 Å². The van der Waals surface area contributed by atoms with Gasteiger partial charge in [0.05, 0.1) is 11.0 Å². The van der Waals surface area contributed by atoms with Crippen LogP contribution in [-0.4, -0.2) is 9.55 Å². The van der Waals surface area contributed by atoms with E-state index < -0.39 is 0 Å². The summed E-state index contributed by atoms with van der Waals surface area (Å²) in [5.74, 6) is 2.09. The van der Waals surface area contributed by atoms with Crippen molar-refractivity contribution in [3.05, 3.63) is 23.2 Å². The van der Waals surface area contributed by atoms with Gasteiger partial charge >= 0.3 is 0 Å². The van der Waals surface area contributed by atoms with Crippen molar-refractivity contribution in [3.8, 4) is 0 Å². The van der Waals surface area contributed by atoms with E-state index in [-0.39, 0.29) is 0 Å². The van der Waals surface area contributed by atoms with Gasteiger partial charge < -0.3 is 10.3 Å². The van der Waals surface area contributed by atoms with Gasteiger partial charge in [-0.2, -0.15) is 0 Å². The zero-order valence-electron chi connectivity index (χ0n) is 10.6. The third-order valence-corrected chi connectivity index (χ3v) is 4.43. The molecule has 3 nitrogen and oxygen atoms in total. The number of nitrogens with two attached hydrogens (primary N) is 1. The van der Waals surface area contributed by atoms with Gasteiger partial charge in [-0.3, -0.25) is 0 Å². The summed E-state index contributed by atoms with van der Waals surface area (Å²) in [5.41, 5.74) is 8.02. The normalized spacial score (nSPS) is 23.9. The van der Waals surface area contributed by atoms with E-state index in [1.807, 2.05) is 18.2 Å². The third kappa shape index (κ3) is 1.97. The fourth-order valence-electron chi connectivity index (χ4n) is 3.03. The average molecular weight is 264 g/mol. The lowest BCUT2D eigenvalue weighted by Crippen LogP contribution is -2.14. The van der Waals surface area contributed by atoms with Crippen molar-refractivity contribution in [2.75, 3.05) is 5.73 Å². The van der Waals surface area contributed by atoms with Crippen molar-refractivity contribution in [3.63, 3.8) is 0 Å². The zero-order valence-corrected chi connectivity index (χ0v) is 11.3. The van der Waals surface area contributed by atoms with E-state index >= 15 is 0 Å². The number of anilines is 1. The highest BCUT2D eigenvalue weighted by Gasteiger charge is 2.24. The van der Waals surface area contributed by atoms with Crippen molar-refractivity contribution < 1.29 is 0 Å². The van der Waals surface area contributed by atoms with Gasteiger partial charge in [0.25, 0.3) is 0 Å². The topological polar surface area (TPSA) is 43.8 Å². The van der Waals surface area contributed by atoms with Crippen LogP contribution in [0.5, 0.6) is 0 Å². The molecule has 2 atom stereocenters. The van der Waals surface area contributed by atoms with Crippen LogP contribution in [0, 0.1) is 11.8 Å². The van der Waals surface area contributed by atoms with Crippen molar-refractivity contribution in [1.29, 1.82) is 0 Å². The number of hydrogen-bond donors (Lipinski definition) is 1. The molecule has 1 aliphatic carbocycles. The first-order valence-electron chi connectivity index (χ1n) is 6.56. The van der Waals surface area contributed by atoms with Crippen LogP contribution in [0.3, 0.4) is 0 Å². The molecule has 1 aromatic heterocycles. The Morgan fingerprint density at radius 3 is 3.00 bits per heavy atom. The molecule has 0 radical (unpaired) electrons. The largest absolute Gasteiger partial charge is 0.369 e. The second-order valence-corrected chi connectivity index (χ2v) is 5.82. The summed E-state index contributed by atoms with van der Waals surface area (Å²) in [6, 6.07) is 5.75. The predicted octanol–water partition coefficient (Wildman–Crippen LogP) is 3.71. The maximum atomic E-state index is 6.06. The van der Waals surface area contributed by atoms with Gasteiger partial charge in [0.15, 0.2) is 0 Å². The van der Waals surface area contributed by atoms with Crippen molar-refractivity contribution in [2.45, 2.75) is 32.7 Å². The minimum Gasteiger partial charge on any atom is -0.369 e. The molecule has 2 N–H and O–H groups in total. The lowest BCUT2D eigenvalue weighted by molar-refractivity contribution is 0.370. The molecule has 0 saturated heterocycles. The second-order valence-electron chi connectivity index (χ2n) is 5.38. The van der Waals surface area contributed by atoms with Crippen molar-refractivity contribution in [2.24, 2.45) is 11.8 Å². The predicted molar refractivity (Wildman–Crippen MR) is 75.7 cm³/mol. The third-order valence-electron chi connectivity index (χ3n) is 4.20. The molecule has 0 bridgehead atoms. The smallest absolute Gasteiger partial charge is 0.201 e. The minimum absolute atomic E-state index is 0.603. The standard InChI is InChI=1S/C14H18ClN3/c1-9-3-2-4-10(9)8-18-13-7-11(15)5-6-12(13)17-14(18)16/h5-7,9-10H,2-4,8H2,1H3,(H2,16,17). The summed E-state index contributed by atoms with van der Waals surface area (Å²) in [6.07, 6.45) is 3.96. The molecule has 2 unspecified atom stereocenters. The molecule has 18 heavy (non-hydrogen) atoms. The van der Waals surface area contributed by atoms with Crippen LogP contribution in [0.2, 0.25) is 5.02 Å². The number of nitrogens with zero attached hydrogens (tertiary/aromatic N) is 2. The molecule has 3 rings (SSSR count). The molecule has 1 aromatic carbocycles. The number of imidazole rings is 1. The van der Waals surface area contributed by atoms with Crippen LogP contribution in [-0.2, 0) is 6.54 Å². The summed E-state index contributed by atoms with van der Waals surface area (Å²) in [5, 5.41) is 0.739. The molecule has 0 spiro atoms. The molecule has 1 fully saturated rings. The monoisotopic (exact) mass is 263 g/mol. The number of halogens is 1. The first-order valence-corrected chi connectivity index (χ1v) is 6.94. The number of nitrogen functional groups attached to an aromatic ring is 1. The van der Waals surface area contributed by atoms with Crippen LogP contribution in [0.15, 0.2) is 18.2 Å². The second kappa shape index (κ2) is 4.47. The van der Waals surface area contributed by atoms with E-state index in [4.69, 9.17) is 17.3 Å². The van der Waals surface area contributed by atoms with Gasteiger partial charge in [0, 0.05) is 11.6 Å². The number of fused-ring (bicyclic) bond motifs is 1. The van der Waals surface area contributed by atoms with Crippen molar-refractivity contribution in [1.82, 2.24) is 9.55 Å². The Kier molecular flexibility index (Phi) is 2.94. The molecule has 0 aliphatic heterocycles. The maximum Gasteiger partial charge on any atom is 0.201 e. The number of hydrogen-bond acceptors (Lipinski definition) is 2. The Morgan fingerprint density at radius 1 is 1.44 bits per heavy atom. The lowest BCUT2D eigenvalue weighted by Gasteiger charge is -2.17. The van der Waals surface area contributed by atoms with Crippen LogP contribution < -0.4 is 5.73 Å². The van der Waals surface area contributed by atoms with Crippen molar-refractivity contribution >= 4 is 28.6 Å². The maximum absolute atomic E-state index is 6.06. The average Bonchev–Trinajstić information content (AvgIpc) is 2.86. The highest BCUT2D eigenvalue weighted by Crippen LogP contribution is 2.34. The van der Waals surface area contributed by atoms with E-state index in [9.17, 15) is 0 Å². The number of rotatable bonds is 2. The summed E-state index contributed by atoms with van der Waals surface area (Å²) >= 11 is 6.06. The first kappa shape index (κ1) is 11.8. The molecule has 0 amide bonds. The zero-order chi connectivity index (χ0) is 12.7. The Labute approximate surface area is 112 Å². The molecule has 1 saturated carbocycles. The van der Waals surface area contributed by atoms with Gasteiger partial charge in [-0.15, -0.1) is 0 Å². The molecule has 1 aliphatic rings. The molecular weight excluding hydrogens is 246 g/mol. The van der Waals surface area contributed by atoms with E-state index in [0.717, 1.165) is 28.5 Å². The fourth-order valence-corrected chi connectivity index (χ4v) is 3.20. The summed E-state index contributed by atoms with van der Waals surface area (Å²) in [4.78, 5) is 4.40. The Hall–Kier alpha value is -1.22. The number of aromatic nitrogens is 2. The van der Waals surface area contributed by atoms with E-state index in [2.05, 4.69) is 16.5 Å². The molecular formula is C14H18ClN3. The van der Waals surface area contributed by atoms with Gasteiger partial charge in [-0.25, -0.2) is 4.98 Å². The quantitative estimate of drug-likeness (QED) is 0.898. The Bertz CT molecular complexity index is 576. The number of benzene rings is 1. The van der Waals surface area contributed by atoms with Crippen LogP contribution in [0.1, 0.15) is 26.2 Å². The van der Waals surface area contributed by atoms with E-state index in [1.54, 1.807) is 0 Å². The summed E-state index contributed by atoms with van der Waals surface area (Å²) in [7, 11) is 0. The summed E-state index contributed by atoms with van der Waals surface area (Å²) < 4.78 is 2.12. The van der Waals surface area contributed by atoms with Gasteiger partial charge in [0.1, 0.15) is 0 Å². The highest BCUT2D eigenvalue weighted by molar-refractivity contribution is 6.31. The molecule has 2 aromatic rings. The fraction of sp³-hybridized carbons (Fsp3) is 0.500.